The van der Waals surface area contributed by atoms with Crippen molar-refractivity contribution in [3.05, 3.63) is 42.0 Å². The van der Waals surface area contributed by atoms with Crippen LogP contribution in [0, 0.1) is 11.8 Å². The van der Waals surface area contributed by atoms with E-state index in [-0.39, 0.29) is 17.2 Å². The third-order valence-corrected chi connectivity index (χ3v) is 3.61. The molecule has 0 spiro atoms. The second-order valence-corrected chi connectivity index (χ2v) is 4.70. The number of rotatable bonds is 2. The lowest BCUT2D eigenvalue weighted by Gasteiger charge is -2.31. The van der Waals surface area contributed by atoms with Crippen molar-refractivity contribution in [1.29, 1.82) is 0 Å². The van der Waals surface area contributed by atoms with Crippen LogP contribution in [0.15, 0.2) is 41.5 Å². The van der Waals surface area contributed by atoms with E-state index in [9.17, 15) is 9.90 Å². The van der Waals surface area contributed by atoms with E-state index in [4.69, 9.17) is 0 Å². The minimum absolute atomic E-state index is 0.0239. The van der Waals surface area contributed by atoms with Crippen molar-refractivity contribution in [1.82, 2.24) is 5.43 Å². The summed E-state index contributed by atoms with van der Waals surface area (Å²) in [6, 6.07) is 6.45. The van der Waals surface area contributed by atoms with Gasteiger partial charge in [0.15, 0.2) is 0 Å². The number of fused-ring (bicyclic) bond motifs is 1. The summed E-state index contributed by atoms with van der Waals surface area (Å²) in [5.74, 6) is 0.708. The normalized spacial score (nSPS) is 26.8. The van der Waals surface area contributed by atoms with Crippen LogP contribution < -0.4 is 5.43 Å². The molecular weight excluding hydrogens is 228 g/mol. The van der Waals surface area contributed by atoms with Gasteiger partial charge in [-0.15, -0.1) is 0 Å². The summed E-state index contributed by atoms with van der Waals surface area (Å²) in [4.78, 5) is 11.8. The van der Waals surface area contributed by atoms with Gasteiger partial charge in [0.1, 0.15) is 5.75 Å². The Morgan fingerprint density at radius 1 is 1.39 bits per heavy atom. The molecule has 0 heterocycles. The second kappa shape index (κ2) is 4.29. The number of allylic oxidation sites excluding steroid dienone is 2. The fraction of sp³-hybridized carbons (Fsp3) is 0.286. The van der Waals surface area contributed by atoms with Crippen molar-refractivity contribution in [2.24, 2.45) is 16.9 Å². The summed E-state index contributed by atoms with van der Waals surface area (Å²) in [6.07, 6.45) is 6.34. The van der Waals surface area contributed by atoms with Crippen LogP contribution in [0.4, 0.5) is 0 Å². The third kappa shape index (κ3) is 1.79. The SMILES string of the molecule is O=C(N/N=C1\C[C@@H]2C=CC[C@@H]12)c1ccccc1O. The van der Waals surface area contributed by atoms with Crippen LogP contribution in [-0.4, -0.2) is 16.7 Å². The maximum atomic E-state index is 11.8. The molecule has 92 valence electrons. The molecule has 1 aromatic carbocycles. The zero-order valence-electron chi connectivity index (χ0n) is 9.84. The van der Waals surface area contributed by atoms with Crippen LogP contribution in [0.25, 0.3) is 0 Å². The summed E-state index contributed by atoms with van der Waals surface area (Å²) in [7, 11) is 0. The molecule has 0 bridgehead atoms. The van der Waals surface area contributed by atoms with Gasteiger partial charge in [-0.3, -0.25) is 4.79 Å². The average Bonchev–Trinajstić information content (AvgIpc) is 2.71. The van der Waals surface area contributed by atoms with Crippen LogP contribution in [0.1, 0.15) is 23.2 Å². The Morgan fingerprint density at radius 2 is 2.22 bits per heavy atom. The topological polar surface area (TPSA) is 61.7 Å². The Bertz CT molecular complexity index is 548. The Balaban J connectivity index is 1.66. The van der Waals surface area contributed by atoms with Crippen LogP contribution in [-0.2, 0) is 0 Å². The number of hydrogen-bond donors (Lipinski definition) is 2. The van der Waals surface area contributed by atoms with E-state index in [0.717, 1.165) is 18.6 Å². The molecule has 4 heteroatoms. The molecule has 1 amide bonds. The monoisotopic (exact) mass is 242 g/mol. The quantitative estimate of drug-likeness (QED) is 0.616. The lowest BCUT2D eigenvalue weighted by atomic mass is 9.74. The highest BCUT2D eigenvalue weighted by atomic mass is 16.3. The van der Waals surface area contributed by atoms with Crippen molar-refractivity contribution in [2.75, 3.05) is 0 Å². The Kier molecular flexibility index (Phi) is 2.63. The van der Waals surface area contributed by atoms with E-state index in [0.29, 0.717) is 11.8 Å². The number of benzene rings is 1. The van der Waals surface area contributed by atoms with Crippen molar-refractivity contribution in [3.63, 3.8) is 0 Å². The molecule has 1 saturated carbocycles. The second-order valence-electron chi connectivity index (χ2n) is 4.70. The van der Waals surface area contributed by atoms with Crippen LogP contribution in [0.3, 0.4) is 0 Å². The van der Waals surface area contributed by atoms with Crippen LogP contribution >= 0.6 is 0 Å². The summed E-state index contributed by atoms with van der Waals surface area (Å²) in [6.45, 7) is 0. The first-order chi connectivity index (χ1) is 8.75. The standard InChI is InChI=1S/C14H14N2O2/c17-13-7-2-1-5-11(13)14(18)16-15-12-8-9-4-3-6-10(9)12/h1-5,7,9-10,17H,6,8H2,(H,16,18)/b15-12+/t9-,10+/m0/s1. The minimum atomic E-state index is -0.366. The van der Waals surface area contributed by atoms with Gasteiger partial charge < -0.3 is 5.11 Å². The van der Waals surface area contributed by atoms with E-state index in [2.05, 4.69) is 22.7 Å². The smallest absolute Gasteiger partial charge is 0.275 e. The summed E-state index contributed by atoms with van der Waals surface area (Å²) >= 11 is 0. The number of aromatic hydroxyl groups is 1. The van der Waals surface area contributed by atoms with E-state index in [1.807, 2.05) is 0 Å². The van der Waals surface area contributed by atoms with E-state index >= 15 is 0 Å². The molecule has 2 N–H and O–H groups in total. The number of amides is 1. The summed E-state index contributed by atoms with van der Waals surface area (Å²) in [5, 5.41) is 13.7. The molecule has 3 rings (SSSR count). The number of hydrazone groups is 1. The van der Waals surface area contributed by atoms with Gasteiger partial charge >= 0.3 is 0 Å². The Morgan fingerprint density at radius 3 is 3.00 bits per heavy atom. The van der Waals surface area contributed by atoms with Crippen LogP contribution in [0.2, 0.25) is 0 Å². The average molecular weight is 242 g/mol. The fourth-order valence-corrected chi connectivity index (χ4v) is 2.51. The lowest BCUT2D eigenvalue weighted by molar-refractivity contribution is 0.0951. The maximum absolute atomic E-state index is 11.8. The van der Waals surface area contributed by atoms with Crippen molar-refractivity contribution >= 4 is 11.6 Å². The Labute approximate surface area is 105 Å². The molecule has 1 fully saturated rings. The molecular formula is C14H14N2O2. The largest absolute Gasteiger partial charge is 0.507 e. The van der Waals surface area contributed by atoms with Gasteiger partial charge in [0.05, 0.1) is 5.56 Å². The summed E-state index contributed by atoms with van der Waals surface area (Å²) in [5.41, 5.74) is 3.82. The van der Waals surface area contributed by atoms with E-state index in [1.165, 1.54) is 6.07 Å². The highest BCUT2D eigenvalue weighted by Crippen LogP contribution is 2.40. The first-order valence-corrected chi connectivity index (χ1v) is 6.07. The van der Waals surface area contributed by atoms with Crippen molar-refractivity contribution < 1.29 is 9.90 Å². The van der Waals surface area contributed by atoms with Gasteiger partial charge in [-0.25, -0.2) is 5.43 Å². The predicted octanol–water partition coefficient (Wildman–Crippen LogP) is 2.07. The number of carbonyl (C=O) groups excluding carboxylic acids is 1. The number of para-hydroxylation sites is 1. The first-order valence-electron chi connectivity index (χ1n) is 6.07. The van der Waals surface area contributed by atoms with Gasteiger partial charge in [0, 0.05) is 11.6 Å². The zero-order valence-corrected chi connectivity index (χ0v) is 9.84. The Hall–Kier alpha value is -2.10. The molecule has 18 heavy (non-hydrogen) atoms. The van der Waals surface area contributed by atoms with Gasteiger partial charge in [0.25, 0.3) is 5.91 Å². The molecule has 2 aliphatic rings. The molecule has 0 aromatic heterocycles. The van der Waals surface area contributed by atoms with Gasteiger partial charge in [0.2, 0.25) is 0 Å². The number of phenols is 1. The summed E-state index contributed by atoms with van der Waals surface area (Å²) < 4.78 is 0. The lowest BCUT2D eigenvalue weighted by Crippen LogP contribution is -2.35. The number of nitrogens with zero attached hydrogens (tertiary/aromatic N) is 1. The number of phenolic OH excluding ortho intramolecular Hbond substituents is 1. The number of carbonyl (C=O) groups is 1. The maximum Gasteiger partial charge on any atom is 0.275 e. The van der Waals surface area contributed by atoms with Gasteiger partial charge in [-0.2, -0.15) is 5.10 Å². The molecule has 0 aliphatic heterocycles. The minimum Gasteiger partial charge on any atom is -0.507 e. The number of nitrogens with one attached hydrogen (secondary N) is 1. The third-order valence-electron chi connectivity index (χ3n) is 3.61. The van der Waals surface area contributed by atoms with Gasteiger partial charge in [-0.05, 0) is 30.9 Å². The molecule has 2 atom stereocenters. The molecule has 4 nitrogen and oxygen atoms in total. The molecule has 2 aliphatic carbocycles. The number of hydrogen-bond acceptors (Lipinski definition) is 3. The first kappa shape index (κ1) is 11.0. The van der Waals surface area contributed by atoms with Gasteiger partial charge in [-0.1, -0.05) is 24.3 Å². The molecule has 0 radical (unpaired) electrons. The van der Waals surface area contributed by atoms with Crippen molar-refractivity contribution in [2.45, 2.75) is 12.8 Å². The van der Waals surface area contributed by atoms with E-state index < -0.39 is 0 Å². The highest BCUT2D eigenvalue weighted by molar-refractivity contribution is 5.99. The fourth-order valence-electron chi connectivity index (χ4n) is 2.51. The molecule has 1 aromatic rings. The molecule has 0 unspecified atom stereocenters. The van der Waals surface area contributed by atoms with Crippen LogP contribution in [0.5, 0.6) is 5.75 Å². The highest BCUT2D eigenvalue weighted by Gasteiger charge is 2.38. The van der Waals surface area contributed by atoms with E-state index in [1.54, 1.807) is 18.2 Å². The molecule has 0 saturated heterocycles. The predicted molar refractivity (Wildman–Crippen MR) is 68.4 cm³/mol. The zero-order chi connectivity index (χ0) is 12.5. The van der Waals surface area contributed by atoms with Crippen molar-refractivity contribution in [3.8, 4) is 5.75 Å².